The van der Waals surface area contributed by atoms with Gasteiger partial charge in [0.2, 0.25) is 5.91 Å². The van der Waals surface area contributed by atoms with Crippen LogP contribution in [0.1, 0.15) is 41.6 Å². The monoisotopic (exact) mass is 421 g/mol. The predicted molar refractivity (Wildman–Crippen MR) is 117 cm³/mol. The molecule has 1 spiro atoms. The number of para-hydroxylation sites is 1. The first-order valence-corrected chi connectivity index (χ1v) is 11.2. The van der Waals surface area contributed by atoms with E-state index in [4.69, 9.17) is 0 Å². The third-order valence-corrected chi connectivity index (χ3v) is 7.27. The van der Waals surface area contributed by atoms with Crippen LogP contribution >= 0.6 is 0 Å². The number of anilines is 1. The van der Waals surface area contributed by atoms with Crippen LogP contribution in [0, 0.1) is 11.7 Å². The van der Waals surface area contributed by atoms with Crippen LogP contribution in [0.25, 0.3) is 0 Å². The number of amides is 1. The van der Waals surface area contributed by atoms with E-state index in [1.807, 2.05) is 18.2 Å². The Labute approximate surface area is 182 Å². The van der Waals surface area contributed by atoms with Crippen LogP contribution in [0.15, 0.2) is 48.5 Å². The Bertz CT molecular complexity index is 986. The Morgan fingerprint density at radius 2 is 1.84 bits per heavy atom. The van der Waals surface area contributed by atoms with Crippen molar-refractivity contribution in [2.24, 2.45) is 5.92 Å². The highest BCUT2D eigenvalue weighted by atomic mass is 19.1. The van der Waals surface area contributed by atoms with Gasteiger partial charge in [-0.25, -0.2) is 4.39 Å². The molecule has 1 amide bonds. The van der Waals surface area contributed by atoms with Crippen molar-refractivity contribution in [1.29, 1.82) is 0 Å². The molecule has 2 aromatic rings. The molecule has 0 bridgehead atoms. The molecular weight excluding hydrogens is 393 g/mol. The van der Waals surface area contributed by atoms with Crippen molar-refractivity contribution >= 4 is 17.4 Å². The fraction of sp³-hybridized carbons (Fsp3) is 0.440. The van der Waals surface area contributed by atoms with E-state index in [9.17, 15) is 14.0 Å². The first-order valence-electron chi connectivity index (χ1n) is 11.2. The van der Waals surface area contributed by atoms with Gasteiger partial charge in [-0.3, -0.25) is 9.59 Å². The average Bonchev–Trinajstić information content (AvgIpc) is 3.01. The lowest BCUT2D eigenvalue weighted by atomic mass is 9.84. The number of nitrogens with one attached hydrogen (secondary N) is 1. The maximum absolute atomic E-state index is 13.6. The third-order valence-electron chi connectivity index (χ3n) is 7.27. The molecule has 5 nitrogen and oxygen atoms in total. The molecule has 2 aromatic carbocycles. The lowest BCUT2D eigenvalue weighted by molar-refractivity contribution is -0.125. The normalized spacial score (nSPS) is 23.5. The highest BCUT2D eigenvalue weighted by Crippen LogP contribution is 2.37. The number of carbonyl (C=O) groups is 2. The van der Waals surface area contributed by atoms with Crippen molar-refractivity contribution in [3.63, 3.8) is 0 Å². The topological polar surface area (TPSA) is 52.7 Å². The van der Waals surface area contributed by atoms with E-state index >= 15 is 0 Å². The summed E-state index contributed by atoms with van der Waals surface area (Å²) >= 11 is 0. The summed E-state index contributed by atoms with van der Waals surface area (Å²) < 4.78 is 13.6. The van der Waals surface area contributed by atoms with Crippen molar-refractivity contribution in [2.45, 2.75) is 37.6 Å². The molecule has 5 rings (SSSR count). The number of likely N-dealkylation sites (tertiary alicyclic amines) is 1. The number of hydrogen-bond donors (Lipinski definition) is 1. The summed E-state index contributed by atoms with van der Waals surface area (Å²) in [6.07, 6.45) is 3.97. The number of fused-ring (bicyclic) bond motifs is 1. The van der Waals surface area contributed by atoms with Gasteiger partial charge in [0, 0.05) is 36.8 Å². The third kappa shape index (κ3) is 3.63. The summed E-state index contributed by atoms with van der Waals surface area (Å²) in [6, 6.07) is 14.7. The largest absolute Gasteiger partial charge is 0.339 e. The van der Waals surface area contributed by atoms with Crippen molar-refractivity contribution in [2.75, 3.05) is 31.2 Å². The summed E-state index contributed by atoms with van der Waals surface area (Å²) in [4.78, 5) is 30.5. The molecule has 31 heavy (non-hydrogen) atoms. The Morgan fingerprint density at radius 1 is 1.06 bits per heavy atom. The number of rotatable bonds is 3. The summed E-state index contributed by atoms with van der Waals surface area (Å²) in [5, 5.41) is 3.04. The zero-order valence-corrected chi connectivity index (χ0v) is 17.6. The van der Waals surface area contributed by atoms with Gasteiger partial charge in [0.25, 0.3) is 0 Å². The van der Waals surface area contributed by atoms with E-state index < -0.39 is 5.54 Å². The second-order valence-electron chi connectivity index (χ2n) is 9.01. The molecule has 1 aliphatic carbocycles. The van der Waals surface area contributed by atoms with E-state index in [1.165, 1.54) is 12.1 Å². The minimum absolute atomic E-state index is 0.0663. The molecule has 0 radical (unpaired) electrons. The van der Waals surface area contributed by atoms with E-state index in [0.29, 0.717) is 18.8 Å². The Balaban J connectivity index is 1.28. The summed E-state index contributed by atoms with van der Waals surface area (Å²) in [7, 11) is 0. The molecule has 2 aliphatic heterocycles. The quantitative estimate of drug-likeness (QED) is 0.772. The van der Waals surface area contributed by atoms with Gasteiger partial charge >= 0.3 is 0 Å². The molecule has 1 unspecified atom stereocenters. The maximum atomic E-state index is 13.6. The van der Waals surface area contributed by atoms with Gasteiger partial charge in [-0.05, 0) is 68.0 Å². The highest BCUT2D eigenvalue weighted by molar-refractivity contribution is 5.99. The molecular formula is C25H28FN3O2. The lowest BCUT2D eigenvalue weighted by Crippen LogP contribution is -2.57. The first-order chi connectivity index (χ1) is 15.1. The Morgan fingerprint density at radius 3 is 2.61 bits per heavy atom. The molecule has 1 N–H and O–H groups in total. The van der Waals surface area contributed by atoms with Gasteiger partial charge in [-0.15, -0.1) is 0 Å². The van der Waals surface area contributed by atoms with Crippen molar-refractivity contribution in [3.8, 4) is 0 Å². The van der Waals surface area contributed by atoms with Gasteiger partial charge in [0.05, 0.1) is 6.67 Å². The summed E-state index contributed by atoms with van der Waals surface area (Å²) in [5.74, 6) is -0.0951. The zero-order valence-electron chi connectivity index (χ0n) is 17.6. The molecule has 0 saturated carbocycles. The zero-order chi connectivity index (χ0) is 21.4. The van der Waals surface area contributed by atoms with Crippen molar-refractivity contribution in [3.05, 3.63) is 65.5 Å². The number of benzene rings is 2. The van der Waals surface area contributed by atoms with E-state index in [-0.39, 0.29) is 23.4 Å². The standard InChI is InChI=1S/C25H28FN3O2/c26-20-9-10-22-18(15-20)5-4-6-19(23(22)30)16-28-13-11-25(12-14-28)24(31)27-17-29(25)21-7-2-1-3-8-21/h1-3,7-10,15,19H,4-6,11-14,16-17H2,(H,27,31). The number of piperidine rings is 1. The molecule has 2 heterocycles. The van der Waals surface area contributed by atoms with Crippen molar-refractivity contribution < 1.29 is 14.0 Å². The van der Waals surface area contributed by atoms with Crippen LogP contribution in [0.2, 0.25) is 0 Å². The van der Waals surface area contributed by atoms with Crippen molar-refractivity contribution in [1.82, 2.24) is 10.2 Å². The fourth-order valence-electron chi connectivity index (χ4n) is 5.52. The smallest absolute Gasteiger partial charge is 0.247 e. The lowest BCUT2D eigenvalue weighted by Gasteiger charge is -2.44. The number of nitrogens with zero attached hydrogens (tertiary/aromatic N) is 2. The summed E-state index contributed by atoms with van der Waals surface area (Å²) in [6.45, 7) is 2.82. The fourth-order valence-corrected chi connectivity index (χ4v) is 5.52. The first kappa shape index (κ1) is 20.2. The number of carbonyl (C=O) groups excluding carboxylic acids is 2. The molecule has 3 aliphatic rings. The van der Waals surface area contributed by atoms with Gasteiger partial charge in [0.15, 0.2) is 5.78 Å². The maximum Gasteiger partial charge on any atom is 0.247 e. The van der Waals surface area contributed by atoms with Crippen LogP contribution in [0.3, 0.4) is 0 Å². The average molecular weight is 422 g/mol. The second-order valence-corrected chi connectivity index (χ2v) is 9.01. The molecule has 0 aromatic heterocycles. The van der Waals surface area contributed by atoms with Gasteiger partial charge in [-0.2, -0.15) is 0 Å². The number of Topliss-reactive ketones (excluding diaryl/α,β-unsaturated/α-hetero) is 1. The van der Waals surface area contributed by atoms with E-state index in [0.717, 1.165) is 56.4 Å². The second kappa shape index (κ2) is 8.08. The summed E-state index contributed by atoms with van der Waals surface area (Å²) in [5.41, 5.74) is 2.08. The van der Waals surface area contributed by atoms with Gasteiger partial charge in [0.1, 0.15) is 11.4 Å². The molecule has 1 atom stereocenters. The van der Waals surface area contributed by atoms with Gasteiger partial charge < -0.3 is 15.1 Å². The van der Waals surface area contributed by atoms with Crippen LogP contribution in [-0.2, 0) is 11.2 Å². The Kier molecular flexibility index (Phi) is 5.26. The predicted octanol–water partition coefficient (Wildman–Crippen LogP) is 3.39. The molecule has 162 valence electrons. The number of aryl methyl sites for hydroxylation is 1. The minimum atomic E-state index is -0.505. The number of ketones is 1. The number of hydrogen-bond acceptors (Lipinski definition) is 4. The van der Waals surface area contributed by atoms with Gasteiger partial charge in [-0.1, -0.05) is 18.2 Å². The van der Waals surface area contributed by atoms with Crippen LogP contribution in [0.4, 0.5) is 10.1 Å². The Hall–Kier alpha value is -2.73. The van der Waals surface area contributed by atoms with E-state index in [1.54, 1.807) is 6.07 Å². The molecule has 2 saturated heterocycles. The van der Waals surface area contributed by atoms with Crippen LogP contribution < -0.4 is 10.2 Å². The van der Waals surface area contributed by atoms with Crippen LogP contribution in [-0.4, -0.2) is 48.4 Å². The van der Waals surface area contributed by atoms with Crippen LogP contribution in [0.5, 0.6) is 0 Å². The molecule has 2 fully saturated rings. The van der Waals surface area contributed by atoms with E-state index in [2.05, 4.69) is 27.2 Å². The molecule has 6 heteroatoms. The highest BCUT2D eigenvalue weighted by Gasteiger charge is 2.50. The number of halogens is 1. The minimum Gasteiger partial charge on any atom is -0.339 e. The SMILES string of the molecule is O=C1c2ccc(F)cc2CCCC1CN1CCC2(CC1)C(=O)NCN2c1ccccc1.